The molecule has 0 saturated carbocycles. The Kier molecular flexibility index (Phi) is 10.6. The van der Waals surface area contributed by atoms with E-state index >= 15 is 0 Å². The molecule has 0 bridgehead atoms. The van der Waals surface area contributed by atoms with Crippen LogP contribution in [0.15, 0.2) is 0 Å². The van der Waals surface area contributed by atoms with Crippen LogP contribution in [0.3, 0.4) is 0 Å². The number of carbonyl (C=O) groups excluding carboxylic acids is 3. The fraction of sp³-hybridized carbons (Fsp3) is 0.778. The van der Waals surface area contributed by atoms with Gasteiger partial charge in [-0.25, -0.2) is 0 Å². The number of rotatable bonds is 11. The van der Waals surface area contributed by atoms with Crippen molar-refractivity contribution in [1.29, 1.82) is 0 Å². The van der Waals surface area contributed by atoms with Gasteiger partial charge in [0.2, 0.25) is 17.7 Å². The van der Waals surface area contributed by atoms with Crippen molar-refractivity contribution in [2.75, 3.05) is 0 Å². The first kappa shape index (κ1) is 24.8. The van der Waals surface area contributed by atoms with Crippen LogP contribution >= 0.6 is 0 Å². The van der Waals surface area contributed by atoms with Crippen LogP contribution in [0.1, 0.15) is 54.4 Å². The number of nitrogens with two attached hydrogens (primary N) is 1. The third kappa shape index (κ3) is 7.94. The van der Waals surface area contributed by atoms with Gasteiger partial charge in [0.25, 0.3) is 0 Å². The maximum absolute atomic E-state index is 12.6. The Morgan fingerprint density at radius 1 is 0.778 bits per heavy atom. The van der Waals surface area contributed by atoms with Gasteiger partial charge in [-0.3, -0.25) is 19.2 Å². The zero-order valence-electron chi connectivity index (χ0n) is 17.0. The summed E-state index contributed by atoms with van der Waals surface area (Å²) in [4.78, 5) is 47.8. The molecule has 27 heavy (non-hydrogen) atoms. The number of hydrogen-bond acceptors (Lipinski definition) is 5. The van der Waals surface area contributed by atoms with Crippen LogP contribution in [0.5, 0.6) is 0 Å². The Hall–Kier alpha value is -2.16. The summed E-state index contributed by atoms with van der Waals surface area (Å²) in [7, 11) is 0. The highest BCUT2D eigenvalue weighted by atomic mass is 16.4. The summed E-state index contributed by atoms with van der Waals surface area (Å²) < 4.78 is 0. The van der Waals surface area contributed by atoms with Gasteiger partial charge in [-0.1, -0.05) is 40.5 Å². The largest absolute Gasteiger partial charge is 0.480 e. The number of hydrogen-bond donors (Lipinski definition) is 5. The molecule has 6 N–H and O–H groups in total. The summed E-state index contributed by atoms with van der Waals surface area (Å²) >= 11 is 0. The molecule has 0 aromatic heterocycles. The van der Waals surface area contributed by atoms with Crippen LogP contribution in [0.2, 0.25) is 0 Å². The Morgan fingerprint density at radius 2 is 1.26 bits per heavy atom. The molecule has 9 nitrogen and oxygen atoms in total. The molecule has 0 aliphatic heterocycles. The second kappa shape index (κ2) is 11.5. The number of carbonyl (C=O) groups is 4. The molecule has 0 radical (unpaired) electrons. The van der Waals surface area contributed by atoms with Gasteiger partial charge in [0.05, 0.1) is 6.04 Å². The standard InChI is InChI=1S/C18H34N4O5/c1-7-9(3)13(19)16(24)22-14(10(4)8-2)17(25)20-11(5)15(23)21-12(6)18(26)27/h9-14H,7-8,19H2,1-6H3,(H,20,25)(H,21,23)(H,22,24)(H,26,27). The molecule has 0 saturated heterocycles. The van der Waals surface area contributed by atoms with Crippen molar-refractivity contribution in [1.82, 2.24) is 16.0 Å². The van der Waals surface area contributed by atoms with Crippen molar-refractivity contribution >= 4 is 23.7 Å². The lowest BCUT2D eigenvalue weighted by Crippen LogP contribution is -2.58. The van der Waals surface area contributed by atoms with E-state index in [0.717, 1.165) is 6.42 Å². The van der Waals surface area contributed by atoms with Crippen LogP contribution in [0, 0.1) is 11.8 Å². The molecule has 0 aliphatic carbocycles. The number of amides is 3. The van der Waals surface area contributed by atoms with E-state index in [1.807, 2.05) is 27.7 Å². The molecule has 0 heterocycles. The van der Waals surface area contributed by atoms with E-state index in [9.17, 15) is 19.2 Å². The van der Waals surface area contributed by atoms with E-state index in [4.69, 9.17) is 10.8 Å². The summed E-state index contributed by atoms with van der Waals surface area (Å²) in [6.07, 6.45) is 1.36. The lowest BCUT2D eigenvalue weighted by molar-refractivity contribution is -0.141. The van der Waals surface area contributed by atoms with Crippen LogP contribution in [-0.4, -0.2) is 53.0 Å². The average Bonchev–Trinajstić information content (AvgIpc) is 2.63. The first-order valence-electron chi connectivity index (χ1n) is 9.35. The van der Waals surface area contributed by atoms with Gasteiger partial charge in [-0.2, -0.15) is 0 Å². The van der Waals surface area contributed by atoms with Gasteiger partial charge in [-0.05, 0) is 25.7 Å². The van der Waals surface area contributed by atoms with Crippen LogP contribution < -0.4 is 21.7 Å². The first-order chi connectivity index (χ1) is 12.5. The zero-order valence-corrected chi connectivity index (χ0v) is 17.0. The minimum atomic E-state index is -1.18. The van der Waals surface area contributed by atoms with Crippen molar-refractivity contribution in [3.05, 3.63) is 0 Å². The lowest BCUT2D eigenvalue weighted by Gasteiger charge is -2.27. The Labute approximate surface area is 160 Å². The van der Waals surface area contributed by atoms with Crippen LogP contribution in [0.25, 0.3) is 0 Å². The van der Waals surface area contributed by atoms with E-state index in [2.05, 4.69) is 16.0 Å². The molecule has 156 valence electrons. The molecule has 6 atom stereocenters. The molecular formula is C18H34N4O5. The van der Waals surface area contributed by atoms with E-state index in [1.165, 1.54) is 13.8 Å². The molecule has 0 rings (SSSR count). The van der Waals surface area contributed by atoms with Crippen molar-refractivity contribution in [3.8, 4) is 0 Å². The van der Waals surface area contributed by atoms with Crippen LogP contribution in [0.4, 0.5) is 0 Å². The van der Waals surface area contributed by atoms with Gasteiger partial charge in [0.1, 0.15) is 18.1 Å². The first-order valence-corrected chi connectivity index (χ1v) is 9.35. The molecule has 3 amide bonds. The summed E-state index contributed by atoms with van der Waals surface area (Å²) in [6.45, 7) is 10.3. The summed E-state index contributed by atoms with van der Waals surface area (Å²) in [6, 6.07) is -3.60. The summed E-state index contributed by atoms with van der Waals surface area (Å²) in [5, 5.41) is 16.3. The molecule has 0 aromatic rings. The minimum Gasteiger partial charge on any atom is -0.480 e. The third-order valence-electron chi connectivity index (χ3n) is 4.83. The highest BCUT2D eigenvalue weighted by Crippen LogP contribution is 2.11. The van der Waals surface area contributed by atoms with E-state index in [1.54, 1.807) is 0 Å². The normalized spacial score (nSPS) is 17.6. The topological polar surface area (TPSA) is 151 Å². The SMILES string of the molecule is CCC(C)C(N)C(=O)NC(C(=O)NC(C)C(=O)NC(C)C(=O)O)C(C)CC. The second-order valence-electron chi connectivity index (χ2n) is 7.08. The number of carboxylic acids is 1. The summed E-state index contributed by atoms with van der Waals surface area (Å²) in [5.74, 6) is -2.94. The average molecular weight is 386 g/mol. The highest BCUT2D eigenvalue weighted by molar-refractivity contribution is 5.94. The molecule has 9 heteroatoms. The maximum atomic E-state index is 12.6. The number of nitrogens with one attached hydrogen (secondary N) is 3. The van der Waals surface area contributed by atoms with Gasteiger partial charge in [0, 0.05) is 0 Å². The molecule has 0 spiro atoms. The van der Waals surface area contributed by atoms with Crippen molar-refractivity contribution in [2.24, 2.45) is 17.6 Å². The van der Waals surface area contributed by atoms with E-state index < -0.39 is 47.9 Å². The van der Waals surface area contributed by atoms with Gasteiger partial charge >= 0.3 is 5.97 Å². The quantitative estimate of drug-likeness (QED) is 0.337. The Balaban J connectivity index is 5.05. The minimum absolute atomic E-state index is 0.0344. The fourth-order valence-corrected chi connectivity index (χ4v) is 2.23. The van der Waals surface area contributed by atoms with Crippen molar-refractivity contribution < 1.29 is 24.3 Å². The Bertz CT molecular complexity index is 540. The third-order valence-corrected chi connectivity index (χ3v) is 4.83. The lowest BCUT2D eigenvalue weighted by atomic mass is 9.95. The highest BCUT2D eigenvalue weighted by Gasteiger charge is 2.31. The fourth-order valence-electron chi connectivity index (χ4n) is 2.23. The number of aliphatic carboxylic acids is 1. The second-order valence-corrected chi connectivity index (χ2v) is 7.08. The molecule has 0 fully saturated rings. The van der Waals surface area contributed by atoms with Gasteiger partial charge in [-0.15, -0.1) is 0 Å². The van der Waals surface area contributed by atoms with E-state index in [0.29, 0.717) is 6.42 Å². The molecule has 0 aromatic carbocycles. The maximum Gasteiger partial charge on any atom is 0.325 e. The predicted molar refractivity (Wildman–Crippen MR) is 102 cm³/mol. The predicted octanol–water partition coefficient (Wildman–Crippen LogP) is -0.0153. The number of carboxylic acid groups (broad SMARTS) is 1. The monoisotopic (exact) mass is 386 g/mol. The molecular weight excluding hydrogens is 352 g/mol. The molecule has 0 aliphatic rings. The smallest absolute Gasteiger partial charge is 0.325 e. The van der Waals surface area contributed by atoms with Gasteiger partial charge < -0.3 is 26.8 Å². The van der Waals surface area contributed by atoms with Crippen molar-refractivity contribution in [2.45, 2.75) is 78.6 Å². The zero-order chi connectivity index (χ0) is 21.3. The van der Waals surface area contributed by atoms with Crippen molar-refractivity contribution in [3.63, 3.8) is 0 Å². The summed E-state index contributed by atoms with van der Waals surface area (Å²) in [5.41, 5.74) is 5.93. The van der Waals surface area contributed by atoms with Crippen LogP contribution in [-0.2, 0) is 19.2 Å². The van der Waals surface area contributed by atoms with Gasteiger partial charge in [0.15, 0.2) is 0 Å². The Morgan fingerprint density at radius 3 is 1.70 bits per heavy atom. The molecule has 6 unspecified atom stereocenters. The van der Waals surface area contributed by atoms with E-state index in [-0.39, 0.29) is 11.8 Å².